The lowest BCUT2D eigenvalue weighted by Gasteiger charge is -2.17. The van der Waals surface area contributed by atoms with Crippen molar-refractivity contribution >= 4 is 17.5 Å². The molecule has 0 aliphatic heterocycles. The second-order valence-electron chi connectivity index (χ2n) is 5.12. The maximum absolute atomic E-state index is 5.95. The van der Waals surface area contributed by atoms with E-state index in [-0.39, 0.29) is 6.04 Å². The first kappa shape index (κ1) is 14.9. The van der Waals surface area contributed by atoms with Crippen molar-refractivity contribution in [1.82, 2.24) is 9.55 Å². The second-order valence-corrected chi connectivity index (χ2v) is 5.56. The van der Waals surface area contributed by atoms with Gasteiger partial charge in [0.05, 0.1) is 11.7 Å². The summed E-state index contributed by atoms with van der Waals surface area (Å²) in [4.78, 5) is 4.57. The zero-order valence-electron chi connectivity index (χ0n) is 12.4. The molecule has 0 radical (unpaired) electrons. The third-order valence-electron chi connectivity index (χ3n) is 3.44. The Morgan fingerprint density at radius 2 is 2.00 bits per heavy atom. The van der Waals surface area contributed by atoms with E-state index in [1.54, 1.807) is 0 Å². The van der Waals surface area contributed by atoms with E-state index in [2.05, 4.69) is 47.0 Å². The number of imidazole rings is 1. The van der Waals surface area contributed by atoms with Crippen LogP contribution in [0, 0.1) is 6.92 Å². The summed E-state index contributed by atoms with van der Waals surface area (Å²) in [6.45, 7) is 7.35. The minimum Gasteiger partial charge on any atom is -0.356 e. The van der Waals surface area contributed by atoms with Crippen LogP contribution in [-0.2, 0) is 0 Å². The van der Waals surface area contributed by atoms with Gasteiger partial charge in [-0.1, -0.05) is 37.1 Å². The zero-order chi connectivity index (χ0) is 14.5. The van der Waals surface area contributed by atoms with Crippen LogP contribution in [-0.4, -0.2) is 16.1 Å². The van der Waals surface area contributed by atoms with Crippen molar-refractivity contribution in [1.29, 1.82) is 0 Å². The van der Waals surface area contributed by atoms with E-state index in [0.717, 1.165) is 29.6 Å². The Bertz CT molecular complexity index is 545. The van der Waals surface area contributed by atoms with Crippen molar-refractivity contribution in [2.24, 2.45) is 0 Å². The Morgan fingerprint density at radius 1 is 1.30 bits per heavy atom. The second kappa shape index (κ2) is 6.80. The van der Waals surface area contributed by atoms with Gasteiger partial charge >= 0.3 is 0 Å². The predicted molar refractivity (Wildman–Crippen MR) is 85.6 cm³/mol. The molecule has 0 bridgehead atoms. The topological polar surface area (TPSA) is 29.9 Å². The van der Waals surface area contributed by atoms with Gasteiger partial charge in [0.15, 0.2) is 0 Å². The Hall–Kier alpha value is -1.48. The maximum Gasteiger partial charge on any atom is 0.203 e. The number of benzene rings is 1. The molecule has 2 rings (SSSR count). The van der Waals surface area contributed by atoms with Crippen LogP contribution in [0.1, 0.15) is 44.0 Å². The number of rotatable bonds is 6. The molecule has 20 heavy (non-hydrogen) atoms. The highest BCUT2D eigenvalue weighted by atomic mass is 35.5. The summed E-state index contributed by atoms with van der Waals surface area (Å²) in [5.41, 5.74) is 2.26. The van der Waals surface area contributed by atoms with Crippen LogP contribution in [0.5, 0.6) is 0 Å². The molecule has 0 aliphatic rings. The zero-order valence-corrected chi connectivity index (χ0v) is 13.1. The van der Waals surface area contributed by atoms with Gasteiger partial charge in [-0.3, -0.25) is 0 Å². The van der Waals surface area contributed by atoms with Gasteiger partial charge in [0.1, 0.15) is 0 Å². The van der Waals surface area contributed by atoms with Crippen molar-refractivity contribution in [3.05, 3.63) is 46.7 Å². The molecule has 1 unspecified atom stereocenters. The van der Waals surface area contributed by atoms with Crippen LogP contribution in [0.15, 0.2) is 30.5 Å². The highest BCUT2D eigenvalue weighted by Crippen LogP contribution is 2.24. The third-order valence-corrected chi connectivity index (χ3v) is 3.69. The molecule has 108 valence electrons. The quantitative estimate of drug-likeness (QED) is 0.784. The van der Waals surface area contributed by atoms with Gasteiger partial charge in [-0.15, -0.1) is 0 Å². The van der Waals surface area contributed by atoms with Gasteiger partial charge in [-0.25, -0.2) is 4.98 Å². The molecular formula is C16H22ClN3. The summed E-state index contributed by atoms with van der Waals surface area (Å²) >= 11 is 5.95. The summed E-state index contributed by atoms with van der Waals surface area (Å²) in [5.74, 6) is 0.943. The largest absolute Gasteiger partial charge is 0.356 e. The number of unbranched alkanes of at least 4 members (excludes halogenated alkanes) is 1. The first-order valence-electron chi connectivity index (χ1n) is 7.16. The molecular weight excluding hydrogens is 270 g/mol. The average molecular weight is 292 g/mol. The number of aromatic nitrogens is 2. The maximum atomic E-state index is 5.95. The molecule has 1 heterocycles. The summed E-state index contributed by atoms with van der Waals surface area (Å²) in [6, 6.07) is 8.23. The first-order chi connectivity index (χ1) is 9.61. The smallest absolute Gasteiger partial charge is 0.203 e. The first-order valence-corrected chi connectivity index (χ1v) is 7.54. The van der Waals surface area contributed by atoms with E-state index in [1.165, 1.54) is 12.0 Å². The van der Waals surface area contributed by atoms with Crippen LogP contribution in [0.4, 0.5) is 5.95 Å². The van der Waals surface area contributed by atoms with Gasteiger partial charge in [-0.05, 0) is 38.0 Å². The fourth-order valence-electron chi connectivity index (χ4n) is 2.22. The van der Waals surface area contributed by atoms with E-state index in [1.807, 2.05) is 19.1 Å². The highest BCUT2D eigenvalue weighted by Gasteiger charge is 2.13. The van der Waals surface area contributed by atoms with Crippen LogP contribution >= 0.6 is 11.6 Å². The third kappa shape index (κ3) is 3.54. The van der Waals surface area contributed by atoms with Gasteiger partial charge in [0, 0.05) is 17.8 Å². The number of hydrogen-bond donors (Lipinski definition) is 1. The molecule has 3 nitrogen and oxygen atoms in total. The lowest BCUT2D eigenvalue weighted by atomic mass is 10.1. The molecule has 0 saturated heterocycles. The van der Waals surface area contributed by atoms with Crippen LogP contribution in [0.3, 0.4) is 0 Å². The normalized spacial score (nSPS) is 12.4. The molecule has 1 N–H and O–H groups in total. The number of nitrogens with zero attached hydrogens (tertiary/aromatic N) is 2. The van der Waals surface area contributed by atoms with Crippen LogP contribution in [0.25, 0.3) is 0 Å². The summed E-state index contributed by atoms with van der Waals surface area (Å²) in [7, 11) is 0. The number of anilines is 1. The number of hydrogen-bond acceptors (Lipinski definition) is 2. The van der Waals surface area contributed by atoms with E-state index in [4.69, 9.17) is 11.6 Å². The van der Waals surface area contributed by atoms with Crippen LogP contribution < -0.4 is 5.32 Å². The minimum absolute atomic E-state index is 0.234. The van der Waals surface area contributed by atoms with Crippen molar-refractivity contribution in [3.8, 4) is 0 Å². The van der Waals surface area contributed by atoms with E-state index in [9.17, 15) is 0 Å². The Balaban J connectivity index is 2.20. The van der Waals surface area contributed by atoms with E-state index < -0.39 is 0 Å². The SMILES string of the molecule is CCCCNc1nc(C)cn1C(C)c1ccc(Cl)cc1. The van der Waals surface area contributed by atoms with Crippen LogP contribution in [0.2, 0.25) is 5.02 Å². The summed E-state index contributed by atoms with van der Waals surface area (Å²) in [6.07, 6.45) is 4.42. The molecule has 0 saturated carbocycles. The minimum atomic E-state index is 0.234. The summed E-state index contributed by atoms with van der Waals surface area (Å²) < 4.78 is 2.19. The Morgan fingerprint density at radius 3 is 2.65 bits per heavy atom. The fraction of sp³-hybridized carbons (Fsp3) is 0.438. The van der Waals surface area contributed by atoms with Gasteiger partial charge < -0.3 is 9.88 Å². The molecule has 1 aromatic heterocycles. The molecule has 1 aromatic carbocycles. The van der Waals surface area contributed by atoms with Crippen molar-refractivity contribution in [3.63, 3.8) is 0 Å². The van der Waals surface area contributed by atoms with Crippen molar-refractivity contribution in [2.45, 2.75) is 39.7 Å². The fourth-order valence-corrected chi connectivity index (χ4v) is 2.35. The lowest BCUT2D eigenvalue weighted by molar-refractivity contribution is 0.641. The molecule has 0 spiro atoms. The molecule has 0 fully saturated rings. The molecule has 0 aliphatic carbocycles. The summed E-state index contributed by atoms with van der Waals surface area (Å²) in [5, 5.41) is 4.19. The Labute approximate surface area is 126 Å². The highest BCUT2D eigenvalue weighted by molar-refractivity contribution is 6.30. The number of nitrogens with one attached hydrogen (secondary N) is 1. The van der Waals surface area contributed by atoms with E-state index >= 15 is 0 Å². The molecule has 1 atom stereocenters. The average Bonchev–Trinajstić information content (AvgIpc) is 2.80. The standard InChI is InChI=1S/C16H22ClN3/c1-4-5-10-18-16-19-12(2)11-20(16)13(3)14-6-8-15(17)9-7-14/h6-9,11,13H,4-5,10H2,1-3H3,(H,18,19). The Kier molecular flexibility index (Phi) is 5.07. The van der Waals surface area contributed by atoms with Crippen molar-refractivity contribution < 1.29 is 0 Å². The van der Waals surface area contributed by atoms with E-state index in [0.29, 0.717) is 0 Å². The number of aryl methyl sites for hydroxylation is 1. The molecule has 4 heteroatoms. The molecule has 2 aromatic rings. The van der Waals surface area contributed by atoms with Gasteiger partial charge in [0.25, 0.3) is 0 Å². The van der Waals surface area contributed by atoms with Crippen molar-refractivity contribution in [2.75, 3.05) is 11.9 Å². The van der Waals surface area contributed by atoms with Gasteiger partial charge in [0.2, 0.25) is 5.95 Å². The van der Waals surface area contributed by atoms with Gasteiger partial charge in [-0.2, -0.15) is 0 Å². The monoisotopic (exact) mass is 291 g/mol. The number of halogens is 1. The predicted octanol–water partition coefficient (Wildman–Crippen LogP) is 4.67. The lowest BCUT2D eigenvalue weighted by Crippen LogP contribution is -2.12. The molecule has 0 amide bonds.